The Kier molecular flexibility index (Phi) is 5.29. The van der Waals surface area contributed by atoms with E-state index in [1.165, 1.54) is 6.40 Å². The van der Waals surface area contributed by atoms with Crippen LogP contribution in [-0.4, -0.2) is 31.1 Å². The molecule has 0 spiro atoms. The minimum absolute atomic E-state index is 0.148. The SMILES string of the molecule is CCCCC(C)C1OC=NC1C(=O)OCC. The van der Waals surface area contributed by atoms with E-state index in [-0.39, 0.29) is 12.1 Å². The molecule has 0 aliphatic carbocycles. The summed E-state index contributed by atoms with van der Waals surface area (Å²) in [5.74, 6) is 0.0569. The summed E-state index contributed by atoms with van der Waals surface area (Å²) in [6.45, 7) is 6.44. The third-order valence-electron chi connectivity index (χ3n) is 2.85. The molecule has 0 aromatic rings. The van der Waals surface area contributed by atoms with E-state index in [0.29, 0.717) is 12.5 Å². The first kappa shape index (κ1) is 13.0. The number of aliphatic imine (C=N–C) groups is 1. The minimum Gasteiger partial charge on any atom is -0.477 e. The standard InChI is InChI=1S/C12H21NO3/c1-4-6-7-9(3)11-10(13-8-16-11)12(14)15-5-2/h8-11H,4-7H2,1-3H3. The summed E-state index contributed by atoms with van der Waals surface area (Å²) in [7, 11) is 0. The van der Waals surface area contributed by atoms with E-state index < -0.39 is 6.04 Å². The zero-order valence-electron chi connectivity index (χ0n) is 10.3. The van der Waals surface area contributed by atoms with Gasteiger partial charge in [0.2, 0.25) is 0 Å². The van der Waals surface area contributed by atoms with Gasteiger partial charge in [-0.15, -0.1) is 0 Å². The van der Waals surface area contributed by atoms with Crippen molar-refractivity contribution >= 4 is 12.4 Å². The van der Waals surface area contributed by atoms with Gasteiger partial charge in [-0.3, -0.25) is 0 Å². The van der Waals surface area contributed by atoms with Gasteiger partial charge in [0.05, 0.1) is 6.61 Å². The first-order valence-corrected chi connectivity index (χ1v) is 6.04. The number of nitrogens with zero attached hydrogens (tertiary/aromatic N) is 1. The van der Waals surface area contributed by atoms with Crippen molar-refractivity contribution in [3.8, 4) is 0 Å². The second-order valence-electron chi connectivity index (χ2n) is 4.17. The highest BCUT2D eigenvalue weighted by Crippen LogP contribution is 2.23. The van der Waals surface area contributed by atoms with Gasteiger partial charge in [-0.25, -0.2) is 9.79 Å². The zero-order chi connectivity index (χ0) is 12.0. The van der Waals surface area contributed by atoms with E-state index in [2.05, 4.69) is 18.8 Å². The van der Waals surface area contributed by atoms with Gasteiger partial charge in [0.25, 0.3) is 0 Å². The fraction of sp³-hybridized carbons (Fsp3) is 0.833. The fourth-order valence-corrected chi connectivity index (χ4v) is 1.89. The molecule has 16 heavy (non-hydrogen) atoms. The average Bonchev–Trinajstić information content (AvgIpc) is 2.75. The molecule has 0 saturated heterocycles. The van der Waals surface area contributed by atoms with Gasteiger partial charge in [-0.05, 0) is 19.3 Å². The molecular weight excluding hydrogens is 206 g/mol. The zero-order valence-corrected chi connectivity index (χ0v) is 10.3. The smallest absolute Gasteiger partial charge is 0.334 e. The molecule has 1 aliphatic rings. The van der Waals surface area contributed by atoms with E-state index in [1.54, 1.807) is 6.92 Å². The number of rotatable bonds is 6. The summed E-state index contributed by atoms with van der Waals surface area (Å²) in [5.41, 5.74) is 0. The maximum atomic E-state index is 11.6. The number of hydrogen-bond donors (Lipinski definition) is 0. The van der Waals surface area contributed by atoms with Crippen molar-refractivity contribution in [2.45, 2.75) is 52.2 Å². The van der Waals surface area contributed by atoms with Crippen LogP contribution in [-0.2, 0) is 14.3 Å². The highest BCUT2D eigenvalue weighted by molar-refractivity contribution is 5.79. The Morgan fingerprint density at radius 1 is 1.56 bits per heavy atom. The first-order valence-electron chi connectivity index (χ1n) is 6.04. The van der Waals surface area contributed by atoms with Gasteiger partial charge in [0.1, 0.15) is 6.10 Å². The summed E-state index contributed by atoms with van der Waals surface area (Å²) in [5, 5.41) is 0. The molecule has 0 aromatic heterocycles. The molecule has 0 radical (unpaired) electrons. The molecule has 0 amide bonds. The van der Waals surface area contributed by atoms with Crippen LogP contribution in [0.2, 0.25) is 0 Å². The van der Waals surface area contributed by atoms with Crippen molar-refractivity contribution in [3.63, 3.8) is 0 Å². The molecule has 0 aromatic carbocycles. The van der Waals surface area contributed by atoms with Gasteiger partial charge < -0.3 is 9.47 Å². The number of hydrogen-bond acceptors (Lipinski definition) is 4. The summed E-state index contributed by atoms with van der Waals surface area (Å²) in [6.07, 6.45) is 4.60. The van der Waals surface area contributed by atoms with E-state index >= 15 is 0 Å². The monoisotopic (exact) mass is 227 g/mol. The third kappa shape index (κ3) is 3.22. The molecule has 0 bridgehead atoms. The Bertz CT molecular complexity index is 253. The second-order valence-corrected chi connectivity index (χ2v) is 4.17. The Morgan fingerprint density at radius 2 is 2.31 bits per heavy atom. The van der Waals surface area contributed by atoms with Crippen LogP contribution in [0.1, 0.15) is 40.0 Å². The highest BCUT2D eigenvalue weighted by Gasteiger charge is 2.37. The van der Waals surface area contributed by atoms with Crippen LogP contribution in [0.25, 0.3) is 0 Å². The van der Waals surface area contributed by atoms with Crippen LogP contribution in [0.4, 0.5) is 0 Å². The van der Waals surface area contributed by atoms with Gasteiger partial charge in [-0.1, -0.05) is 26.7 Å². The van der Waals surface area contributed by atoms with E-state index in [1.807, 2.05) is 0 Å². The quantitative estimate of drug-likeness (QED) is 0.653. The van der Waals surface area contributed by atoms with Crippen molar-refractivity contribution in [3.05, 3.63) is 0 Å². The fourth-order valence-electron chi connectivity index (χ4n) is 1.89. The lowest BCUT2D eigenvalue weighted by Gasteiger charge is -2.22. The maximum Gasteiger partial charge on any atom is 0.334 e. The van der Waals surface area contributed by atoms with Gasteiger partial charge in [-0.2, -0.15) is 0 Å². The molecule has 1 heterocycles. The lowest BCUT2D eigenvalue weighted by Crippen LogP contribution is -2.36. The second kappa shape index (κ2) is 6.51. The maximum absolute atomic E-state index is 11.6. The molecule has 0 fully saturated rings. The topological polar surface area (TPSA) is 47.9 Å². The van der Waals surface area contributed by atoms with Crippen LogP contribution in [0.15, 0.2) is 4.99 Å². The van der Waals surface area contributed by atoms with Crippen LogP contribution >= 0.6 is 0 Å². The van der Waals surface area contributed by atoms with Crippen molar-refractivity contribution in [2.75, 3.05) is 6.61 Å². The largest absolute Gasteiger partial charge is 0.477 e. The number of carbonyl (C=O) groups is 1. The Hall–Kier alpha value is -1.06. The number of unbranched alkanes of at least 4 members (excludes halogenated alkanes) is 1. The number of ether oxygens (including phenoxy) is 2. The summed E-state index contributed by atoms with van der Waals surface area (Å²) < 4.78 is 10.4. The Morgan fingerprint density at radius 3 is 2.94 bits per heavy atom. The third-order valence-corrected chi connectivity index (χ3v) is 2.85. The highest BCUT2D eigenvalue weighted by atomic mass is 16.5. The van der Waals surface area contributed by atoms with Crippen molar-refractivity contribution in [1.82, 2.24) is 0 Å². The first-order chi connectivity index (χ1) is 7.70. The molecule has 3 unspecified atom stereocenters. The van der Waals surface area contributed by atoms with Gasteiger partial charge in [0, 0.05) is 0 Å². The molecule has 92 valence electrons. The lowest BCUT2D eigenvalue weighted by molar-refractivity contribution is -0.146. The van der Waals surface area contributed by atoms with Crippen LogP contribution in [0, 0.1) is 5.92 Å². The minimum atomic E-state index is -0.466. The molecule has 0 saturated carbocycles. The molecular formula is C12H21NO3. The van der Waals surface area contributed by atoms with Gasteiger partial charge >= 0.3 is 5.97 Å². The van der Waals surface area contributed by atoms with Crippen LogP contribution in [0.3, 0.4) is 0 Å². The number of carbonyl (C=O) groups excluding carboxylic acids is 1. The normalized spacial score (nSPS) is 25.2. The average molecular weight is 227 g/mol. The molecule has 4 heteroatoms. The van der Waals surface area contributed by atoms with E-state index in [0.717, 1.165) is 19.3 Å². The molecule has 1 rings (SSSR count). The number of esters is 1. The molecule has 0 N–H and O–H groups in total. The molecule has 4 nitrogen and oxygen atoms in total. The molecule has 3 atom stereocenters. The van der Waals surface area contributed by atoms with Crippen LogP contribution < -0.4 is 0 Å². The van der Waals surface area contributed by atoms with Crippen molar-refractivity contribution in [1.29, 1.82) is 0 Å². The van der Waals surface area contributed by atoms with Crippen LogP contribution in [0.5, 0.6) is 0 Å². The van der Waals surface area contributed by atoms with E-state index in [4.69, 9.17) is 9.47 Å². The Balaban J connectivity index is 2.50. The predicted molar refractivity (Wildman–Crippen MR) is 62.5 cm³/mol. The Labute approximate surface area is 97.0 Å². The van der Waals surface area contributed by atoms with Gasteiger partial charge in [0.15, 0.2) is 12.4 Å². The summed E-state index contributed by atoms with van der Waals surface area (Å²) in [4.78, 5) is 15.7. The van der Waals surface area contributed by atoms with E-state index in [9.17, 15) is 4.79 Å². The van der Waals surface area contributed by atoms with Crippen molar-refractivity contribution in [2.24, 2.45) is 10.9 Å². The molecule has 1 aliphatic heterocycles. The van der Waals surface area contributed by atoms with Crippen molar-refractivity contribution < 1.29 is 14.3 Å². The summed E-state index contributed by atoms with van der Waals surface area (Å²) >= 11 is 0. The predicted octanol–water partition coefficient (Wildman–Crippen LogP) is 2.17. The lowest BCUT2D eigenvalue weighted by atomic mass is 9.93. The summed E-state index contributed by atoms with van der Waals surface area (Å²) in [6, 6.07) is -0.466.